The molecule has 1 unspecified atom stereocenters. The van der Waals surface area contributed by atoms with Gasteiger partial charge >= 0.3 is 0 Å². The van der Waals surface area contributed by atoms with Crippen molar-refractivity contribution in [1.82, 2.24) is 4.90 Å². The van der Waals surface area contributed by atoms with Gasteiger partial charge in [0.2, 0.25) is 5.91 Å². The van der Waals surface area contributed by atoms with Crippen LogP contribution in [0, 0.1) is 12.8 Å². The zero-order chi connectivity index (χ0) is 14.3. The van der Waals surface area contributed by atoms with E-state index < -0.39 is 0 Å². The summed E-state index contributed by atoms with van der Waals surface area (Å²) in [5.41, 5.74) is 6.62. The number of benzene rings is 1. The first-order valence-electron chi connectivity index (χ1n) is 6.67. The highest BCUT2D eigenvalue weighted by molar-refractivity contribution is 5.76. The van der Waals surface area contributed by atoms with E-state index in [-0.39, 0.29) is 11.8 Å². The van der Waals surface area contributed by atoms with Gasteiger partial charge in [0.1, 0.15) is 12.4 Å². The molecule has 0 aliphatic heterocycles. The van der Waals surface area contributed by atoms with Crippen LogP contribution in [0.2, 0.25) is 0 Å². The number of nitrogens with two attached hydrogens (primary N) is 1. The Morgan fingerprint density at radius 3 is 2.74 bits per heavy atom. The minimum absolute atomic E-state index is 0.117. The Hall–Kier alpha value is -1.55. The fourth-order valence-electron chi connectivity index (χ4n) is 1.67. The van der Waals surface area contributed by atoms with Gasteiger partial charge in [-0.05, 0) is 31.0 Å². The molecule has 4 heteroatoms. The molecule has 0 spiro atoms. The van der Waals surface area contributed by atoms with Crippen LogP contribution in [0.3, 0.4) is 0 Å². The maximum Gasteiger partial charge on any atom is 0.222 e. The van der Waals surface area contributed by atoms with Crippen LogP contribution in [0.15, 0.2) is 24.3 Å². The molecule has 1 rings (SSSR count). The van der Waals surface area contributed by atoms with Gasteiger partial charge in [-0.2, -0.15) is 0 Å². The lowest BCUT2D eigenvalue weighted by Gasteiger charge is -2.19. The minimum Gasteiger partial charge on any atom is -0.491 e. The monoisotopic (exact) mass is 264 g/mol. The van der Waals surface area contributed by atoms with Crippen LogP contribution in [-0.4, -0.2) is 37.6 Å². The average Bonchev–Trinajstić information content (AvgIpc) is 2.40. The fourth-order valence-corrected chi connectivity index (χ4v) is 1.67. The van der Waals surface area contributed by atoms with Crippen LogP contribution >= 0.6 is 0 Å². The molecule has 1 amide bonds. The van der Waals surface area contributed by atoms with Crippen molar-refractivity contribution in [2.24, 2.45) is 11.7 Å². The minimum atomic E-state index is 0.117. The maximum atomic E-state index is 11.8. The summed E-state index contributed by atoms with van der Waals surface area (Å²) < 4.78 is 5.67. The third kappa shape index (κ3) is 5.30. The average molecular weight is 264 g/mol. The predicted molar refractivity (Wildman–Crippen MR) is 77.1 cm³/mol. The Morgan fingerprint density at radius 1 is 1.42 bits per heavy atom. The van der Waals surface area contributed by atoms with E-state index in [1.807, 2.05) is 38.1 Å². The number of carbonyl (C=O) groups excluding carboxylic acids is 1. The van der Waals surface area contributed by atoms with Crippen molar-refractivity contribution in [3.05, 3.63) is 29.8 Å². The molecule has 0 saturated carbocycles. The third-order valence-electron chi connectivity index (χ3n) is 3.13. The molecule has 0 aromatic heterocycles. The summed E-state index contributed by atoms with van der Waals surface area (Å²) in [6.07, 6.45) is 0.497. The van der Waals surface area contributed by atoms with Crippen molar-refractivity contribution < 1.29 is 9.53 Å². The van der Waals surface area contributed by atoms with Gasteiger partial charge in [-0.25, -0.2) is 0 Å². The molecule has 0 fully saturated rings. The topological polar surface area (TPSA) is 55.6 Å². The van der Waals surface area contributed by atoms with Gasteiger partial charge in [-0.3, -0.25) is 4.79 Å². The second-order valence-electron chi connectivity index (χ2n) is 4.97. The molecule has 0 aliphatic carbocycles. The first-order valence-corrected chi connectivity index (χ1v) is 6.67. The molecule has 1 atom stereocenters. The number of rotatable bonds is 7. The van der Waals surface area contributed by atoms with Crippen molar-refractivity contribution in [3.63, 3.8) is 0 Å². The molecule has 1 aromatic rings. The van der Waals surface area contributed by atoms with E-state index >= 15 is 0 Å². The second kappa shape index (κ2) is 7.79. The fraction of sp³-hybridized carbons (Fsp3) is 0.533. The number of carbonyl (C=O) groups is 1. The van der Waals surface area contributed by atoms with Crippen LogP contribution in [0.1, 0.15) is 18.9 Å². The van der Waals surface area contributed by atoms with Crippen molar-refractivity contribution in [3.8, 4) is 5.75 Å². The molecule has 0 aliphatic rings. The Kier molecular flexibility index (Phi) is 6.36. The summed E-state index contributed by atoms with van der Waals surface area (Å²) in [5, 5.41) is 0. The summed E-state index contributed by atoms with van der Waals surface area (Å²) in [6, 6.07) is 7.87. The standard InChI is InChI=1S/C15H24N2O2/c1-12(11-16)10-15(18)17(3)8-9-19-14-7-5-4-6-13(14)2/h4-7,12H,8-11,16H2,1-3H3. The number of hydrogen-bond donors (Lipinski definition) is 1. The van der Waals surface area contributed by atoms with E-state index in [0.29, 0.717) is 26.1 Å². The van der Waals surface area contributed by atoms with E-state index in [4.69, 9.17) is 10.5 Å². The largest absolute Gasteiger partial charge is 0.491 e. The smallest absolute Gasteiger partial charge is 0.222 e. The molecule has 19 heavy (non-hydrogen) atoms. The lowest BCUT2D eigenvalue weighted by molar-refractivity contribution is -0.131. The van der Waals surface area contributed by atoms with Crippen molar-refractivity contribution in [2.75, 3.05) is 26.7 Å². The summed E-state index contributed by atoms with van der Waals surface area (Å²) in [5.74, 6) is 1.22. The Labute approximate surface area is 115 Å². The summed E-state index contributed by atoms with van der Waals surface area (Å²) in [4.78, 5) is 13.5. The highest BCUT2D eigenvalue weighted by Crippen LogP contribution is 2.15. The molecule has 1 aromatic carbocycles. The van der Waals surface area contributed by atoms with Gasteiger partial charge in [0.05, 0.1) is 6.54 Å². The SMILES string of the molecule is Cc1ccccc1OCCN(C)C(=O)CC(C)CN. The number of para-hydroxylation sites is 1. The van der Waals surface area contributed by atoms with Crippen molar-refractivity contribution in [1.29, 1.82) is 0 Å². The van der Waals surface area contributed by atoms with Crippen LogP contribution in [0.5, 0.6) is 5.75 Å². The Balaban J connectivity index is 2.33. The molecule has 0 radical (unpaired) electrons. The quantitative estimate of drug-likeness (QED) is 0.817. The lowest BCUT2D eigenvalue weighted by Crippen LogP contribution is -2.32. The summed E-state index contributed by atoms with van der Waals surface area (Å²) >= 11 is 0. The van der Waals surface area contributed by atoms with E-state index in [1.165, 1.54) is 0 Å². The number of ether oxygens (including phenoxy) is 1. The van der Waals surface area contributed by atoms with Crippen molar-refractivity contribution in [2.45, 2.75) is 20.3 Å². The summed E-state index contributed by atoms with van der Waals surface area (Å²) in [7, 11) is 1.80. The van der Waals surface area contributed by atoms with E-state index in [0.717, 1.165) is 11.3 Å². The number of amides is 1. The van der Waals surface area contributed by atoms with Gasteiger partial charge in [0.15, 0.2) is 0 Å². The zero-order valence-electron chi connectivity index (χ0n) is 12.1. The van der Waals surface area contributed by atoms with Crippen LogP contribution in [-0.2, 0) is 4.79 Å². The third-order valence-corrected chi connectivity index (χ3v) is 3.13. The predicted octanol–water partition coefficient (Wildman–Crippen LogP) is 1.82. The Bertz CT molecular complexity index is 407. The van der Waals surface area contributed by atoms with E-state index in [1.54, 1.807) is 11.9 Å². The van der Waals surface area contributed by atoms with Crippen LogP contribution in [0.4, 0.5) is 0 Å². The van der Waals surface area contributed by atoms with Gasteiger partial charge in [0, 0.05) is 13.5 Å². The van der Waals surface area contributed by atoms with Crippen LogP contribution in [0.25, 0.3) is 0 Å². The molecule has 106 valence electrons. The molecular formula is C15H24N2O2. The summed E-state index contributed by atoms with van der Waals surface area (Å²) in [6.45, 7) is 5.62. The normalized spacial score (nSPS) is 12.0. The van der Waals surface area contributed by atoms with E-state index in [2.05, 4.69) is 0 Å². The highest BCUT2D eigenvalue weighted by Gasteiger charge is 2.12. The second-order valence-corrected chi connectivity index (χ2v) is 4.97. The number of nitrogens with zero attached hydrogens (tertiary/aromatic N) is 1. The molecular weight excluding hydrogens is 240 g/mol. The molecule has 2 N–H and O–H groups in total. The van der Waals surface area contributed by atoms with Gasteiger partial charge < -0.3 is 15.4 Å². The molecule has 0 bridgehead atoms. The van der Waals surface area contributed by atoms with Gasteiger partial charge in [0.25, 0.3) is 0 Å². The van der Waals surface area contributed by atoms with Crippen LogP contribution < -0.4 is 10.5 Å². The maximum absolute atomic E-state index is 11.8. The lowest BCUT2D eigenvalue weighted by atomic mass is 10.1. The first kappa shape index (κ1) is 15.5. The van der Waals surface area contributed by atoms with Gasteiger partial charge in [-0.1, -0.05) is 25.1 Å². The van der Waals surface area contributed by atoms with Gasteiger partial charge in [-0.15, -0.1) is 0 Å². The van der Waals surface area contributed by atoms with E-state index in [9.17, 15) is 4.79 Å². The number of aryl methyl sites for hydroxylation is 1. The van der Waals surface area contributed by atoms with Crippen molar-refractivity contribution >= 4 is 5.91 Å². The molecule has 4 nitrogen and oxygen atoms in total. The molecule has 0 heterocycles. The first-order chi connectivity index (χ1) is 9.04. The number of likely N-dealkylation sites (N-methyl/N-ethyl adjacent to an activating group) is 1. The highest BCUT2D eigenvalue weighted by atomic mass is 16.5. The zero-order valence-corrected chi connectivity index (χ0v) is 12.1. The molecule has 0 saturated heterocycles. The Morgan fingerprint density at radius 2 is 2.11 bits per heavy atom. The number of hydrogen-bond acceptors (Lipinski definition) is 3.